The molecule has 7 heteroatoms. The molecule has 0 N–H and O–H groups in total. The molecule has 144 valence electrons. The highest BCUT2D eigenvalue weighted by Gasteiger charge is 2.43. The maximum absolute atomic E-state index is 13.7. The van der Waals surface area contributed by atoms with Gasteiger partial charge in [-0.25, -0.2) is 14.2 Å². The molecule has 3 heterocycles. The molecular weight excluding hydrogens is 347 g/mol. The second kappa shape index (κ2) is 6.64. The Labute approximate surface area is 158 Å². The molecule has 2 aliphatic heterocycles. The van der Waals surface area contributed by atoms with Gasteiger partial charge in [-0.3, -0.25) is 0 Å². The van der Waals surface area contributed by atoms with Crippen LogP contribution < -0.4 is 0 Å². The molecule has 1 atom stereocenters. The molecule has 27 heavy (non-hydrogen) atoms. The average molecular weight is 372 g/mol. The first kappa shape index (κ1) is 18.0. The molecule has 1 saturated heterocycles. The second-order valence-electron chi connectivity index (χ2n) is 7.71. The number of hydrogen-bond donors (Lipinski definition) is 0. The van der Waals surface area contributed by atoms with Crippen molar-refractivity contribution < 1.29 is 13.9 Å². The number of urea groups is 1. The van der Waals surface area contributed by atoms with E-state index in [-0.39, 0.29) is 23.6 Å². The highest BCUT2D eigenvalue weighted by Crippen LogP contribution is 2.40. The highest BCUT2D eigenvalue weighted by molar-refractivity contribution is 5.73. The van der Waals surface area contributed by atoms with Crippen LogP contribution in [0.1, 0.15) is 31.7 Å². The van der Waals surface area contributed by atoms with Crippen LogP contribution in [0, 0.1) is 5.82 Å². The van der Waals surface area contributed by atoms with Gasteiger partial charge in [-0.1, -0.05) is 12.1 Å². The molecule has 1 aromatic carbocycles. The number of nitrogens with zero attached hydrogens (tertiary/aromatic N) is 4. The molecule has 0 unspecified atom stereocenters. The molecule has 0 aliphatic carbocycles. The van der Waals surface area contributed by atoms with Crippen molar-refractivity contribution in [2.45, 2.75) is 38.0 Å². The van der Waals surface area contributed by atoms with Crippen LogP contribution in [0.4, 0.5) is 9.18 Å². The molecule has 1 aromatic heterocycles. The first-order valence-corrected chi connectivity index (χ1v) is 9.34. The van der Waals surface area contributed by atoms with Crippen molar-refractivity contribution in [1.29, 1.82) is 0 Å². The largest absolute Gasteiger partial charge is 0.362 e. The third kappa shape index (κ3) is 3.20. The Morgan fingerprint density at radius 3 is 2.74 bits per heavy atom. The van der Waals surface area contributed by atoms with E-state index < -0.39 is 0 Å². The first-order valence-electron chi connectivity index (χ1n) is 9.34. The number of imidazole rings is 1. The maximum atomic E-state index is 13.7. The summed E-state index contributed by atoms with van der Waals surface area (Å²) in [4.78, 5) is 20.2. The topological polar surface area (TPSA) is 50.6 Å². The predicted octanol–water partition coefficient (Wildman–Crippen LogP) is 3.30. The summed E-state index contributed by atoms with van der Waals surface area (Å²) >= 11 is 0. The summed E-state index contributed by atoms with van der Waals surface area (Å²) in [5.74, 6) is 0.611. The van der Waals surface area contributed by atoms with Crippen molar-refractivity contribution in [3.05, 3.63) is 42.1 Å². The van der Waals surface area contributed by atoms with Crippen LogP contribution >= 0.6 is 0 Å². The van der Waals surface area contributed by atoms with Gasteiger partial charge in [0.05, 0.1) is 24.0 Å². The van der Waals surface area contributed by atoms with Crippen molar-refractivity contribution in [3.63, 3.8) is 0 Å². The first-order chi connectivity index (χ1) is 12.9. The van der Waals surface area contributed by atoms with Crippen molar-refractivity contribution in [2.24, 2.45) is 0 Å². The Bertz CT molecular complexity index is 855. The number of hydrogen-bond acceptors (Lipinski definition) is 3. The molecule has 2 aliphatic rings. The number of likely N-dealkylation sites (tertiary alicyclic amines) is 1. The minimum absolute atomic E-state index is 0.0393. The molecule has 2 aromatic rings. The van der Waals surface area contributed by atoms with Gasteiger partial charge in [0.2, 0.25) is 0 Å². The predicted molar refractivity (Wildman–Crippen MR) is 99.7 cm³/mol. The van der Waals surface area contributed by atoms with E-state index in [1.807, 2.05) is 17.9 Å². The molecule has 0 bridgehead atoms. The van der Waals surface area contributed by atoms with Gasteiger partial charge in [0.1, 0.15) is 17.7 Å². The Morgan fingerprint density at radius 2 is 2.07 bits per heavy atom. The lowest BCUT2D eigenvalue weighted by atomic mass is 9.89. The maximum Gasteiger partial charge on any atom is 0.319 e. The Kier molecular flexibility index (Phi) is 4.42. The number of amides is 2. The summed E-state index contributed by atoms with van der Waals surface area (Å²) in [6.07, 6.45) is 3.21. The lowest BCUT2D eigenvalue weighted by Crippen LogP contribution is -2.54. The van der Waals surface area contributed by atoms with Gasteiger partial charge in [-0.2, -0.15) is 0 Å². The number of fused-ring (bicyclic) bond motifs is 1. The minimum Gasteiger partial charge on any atom is -0.362 e. The van der Waals surface area contributed by atoms with Crippen LogP contribution in [0.5, 0.6) is 0 Å². The summed E-state index contributed by atoms with van der Waals surface area (Å²) in [6.45, 7) is 4.01. The number of halogens is 1. The molecule has 4 rings (SSSR count). The zero-order chi connectivity index (χ0) is 19.2. The third-order valence-corrected chi connectivity index (χ3v) is 5.57. The van der Waals surface area contributed by atoms with Gasteiger partial charge in [-0.05, 0) is 31.9 Å². The second-order valence-corrected chi connectivity index (χ2v) is 7.71. The lowest BCUT2D eigenvalue weighted by molar-refractivity contribution is -0.145. The highest BCUT2D eigenvalue weighted by atomic mass is 19.1. The van der Waals surface area contributed by atoms with E-state index in [0.717, 1.165) is 29.9 Å². The van der Waals surface area contributed by atoms with Gasteiger partial charge in [-0.15, -0.1) is 0 Å². The quantitative estimate of drug-likeness (QED) is 0.772. The van der Waals surface area contributed by atoms with Crippen molar-refractivity contribution in [3.8, 4) is 11.3 Å². The van der Waals surface area contributed by atoms with E-state index in [1.165, 1.54) is 12.1 Å². The molecule has 1 fully saturated rings. The number of rotatable bonds is 1. The van der Waals surface area contributed by atoms with Crippen LogP contribution in [-0.4, -0.2) is 58.2 Å². The van der Waals surface area contributed by atoms with Crippen LogP contribution in [0.15, 0.2) is 30.5 Å². The molecule has 0 radical (unpaired) electrons. The standard InChI is InChI=1S/C20H25FN4O2/c1-14-18-22-12-17(15-5-4-6-16(21)11-15)25(18)13-20(27-14)7-9-24(10-8-20)19(26)23(2)3/h4-6,11-12,14H,7-10,13H2,1-3H3/t14-/m1/s1. The average Bonchev–Trinajstić information content (AvgIpc) is 3.05. The Balaban J connectivity index is 1.60. The normalized spacial score (nSPS) is 21.2. The third-order valence-electron chi connectivity index (χ3n) is 5.57. The zero-order valence-corrected chi connectivity index (χ0v) is 16.0. The van der Waals surface area contributed by atoms with E-state index in [0.29, 0.717) is 19.6 Å². The number of aromatic nitrogens is 2. The zero-order valence-electron chi connectivity index (χ0n) is 16.0. The summed E-state index contributed by atoms with van der Waals surface area (Å²) in [6, 6.07) is 6.64. The SMILES string of the molecule is C[C@H]1OC2(CCN(C(=O)N(C)C)CC2)Cn2c(-c3cccc(F)c3)cnc21. The van der Waals surface area contributed by atoms with Crippen LogP contribution in [0.25, 0.3) is 11.3 Å². The Morgan fingerprint density at radius 1 is 1.33 bits per heavy atom. The smallest absolute Gasteiger partial charge is 0.319 e. The van der Waals surface area contributed by atoms with Gasteiger partial charge in [0.25, 0.3) is 0 Å². The summed E-state index contributed by atoms with van der Waals surface area (Å²) in [5.41, 5.74) is 1.40. The van der Waals surface area contributed by atoms with E-state index >= 15 is 0 Å². The fraction of sp³-hybridized carbons (Fsp3) is 0.500. The van der Waals surface area contributed by atoms with Crippen LogP contribution in [-0.2, 0) is 11.3 Å². The fourth-order valence-electron chi connectivity index (χ4n) is 4.18. The number of carbonyl (C=O) groups is 1. The van der Waals surface area contributed by atoms with E-state index in [9.17, 15) is 9.18 Å². The number of benzene rings is 1. The minimum atomic E-state index is -0.321. The van der Waals surface area contributed by atoms with Crippen LogP contribution in [0.2, 0.25) is 0 Å². The summed E-state index contributed by atoms with van der Waals surface area (Å²) in [5, 5.41) is 0. The van der Waals surface area contributed by atoms with Gasteiger partial charge in [0, 0.05) is 32.7 Å². The number of carbonyl (C=O) groups excluding carboxylic acids is 1. The van der Waals surface area contributed by atoms with Gasteiger partial charge >= 0.3 is 6.03 Å². The molecule has 1 spiro atoms. The molecule has 2 amide bonds. The van der Waals surface area contributed by atoms with Crippen LogP contribution in [0.3, 0.4) is 0 Å². The van der Waals surface area contributed by atoms with E-state index in [1.54, 1.807) is 31.3 Å². The van der Waals surface area contributed by atoms with Crippen molar-refractivity contribution in [2.75, 3.05) is 27.2 Å². The fourth-order valence-corrected chi connectivity index (χ4v) is 4.18. The monoisotopic (exact) mass is 372 g/mol. The molecular formula is C20H25FN4O2. The van der Waals surface area contributed by atoms with Crippen molar-refractivity contribution in [1.82, 2.24) is 19.4 Å². The molecule has 6 nitrogen and oxygen atoms in total. The van der Waals surface area contributed by atoms with E-state index in [2.05, 4.69) is 9.55 Å². The molecule has 0 saturated carbocycles. The Hall–Kier alpha value is -2.41. The summed E-state index contributed by atoms with van der Waals surface area (Å²) < 4.78 is 22.3. The van der Waals surface area contributed by atoms with Gasteiger partial charge < -0.3 is 19.1 Å². The number of piperidine rings is 1. The number of ether oxygens (including phenoxy) is 1. The summed E-state index contributed by atoms with van der Waals surface area (Å²) in [7, 11) is 3.55. The lowest BCUT2D eigenvalue weighted by Gasteiger charge is -2.46. The van der Waals surface area contributed by atoms with Crippen molar-refractivity contribution >= 4 is 6.03 Å². The van der Waals surface area contributed by atoms with Gasteiger partial charge in [0.15, 0.2) is 0 Å². The van der Waals surface area contributed by atoms with E-state index in [4.69, 9.17) is 4.74 Å².